The van der Waals surface area contributed by atoms with E-state index in [0.717, 1.165) is 17.8 Å². The predicted octanol–water partition coefficient (Wildman–Crippen LogP) is 2.10. The quantitative estimate of drug-likeness (QED) is 0.888. The molecule has 0 aliphatic carbocycles. The van der Waals surface area contributed by atoms with E-state index in [1.54, 1.807) is 23.7 Å². The van der Waals surface area contributed by atoms with Crippen LogP contribution in [0.2, 0.25) is 0 Å². The van der Waals surface area contributed by atoms with Gasteiger partial charge in [0.25, 0.3) is 5.91 Å². The van der Waals surface area contributed by atoms with Crippen LogP contribution in [0, 0.1) is 19.7 Å². The largest absolute Gasteiger partial charge is 0.352 e. The molecule has 0 spiro atoms. The highest BCUT2D eigenvalue weighted by atomic mass is 19.1. The first-order valence-corrected chi connectivity index (χ1v) is 7.26. The van der Waals surface area contributed by atoms with Crippen LogP contribution < -0.4 is 11.1 Å². The first kappa shape index (κ1) is 16.2. The second-order valence-electron chi connectivity index (χ2n) is 5.46. The van der Waals surface area contributed by atoms with Gasteiger partial charge in [0.05, 0.1) is 22.6 Å². The van der Waals surface area contributed by atoms with Gasteiger partial charge >= 0.3 is 0 Å². The van der Waals surface area contributed by atoms with E-state index in [1.807, 2.05) is 13.8 Å². The van der Waals surface area contributed by atoms with Crippen molar-refractivity contribution in [2.24, 2.45) is 5.73 Å². The number of aryl methyl sites for hydroxylation is 1. The molecular formula is C16H21FN4O. The van der Waals surface area contributed by atoms with Crippen molar-refractivity contribution in [3.63, 3.8) is 0 Å². The Balaban J connectivity index is 2.23. The molecule has 1 unspecified atom stereocenters. The van der Waals surface area contributed by atoms with E-state index in [0.29, 0.717) is 17.8 Å². The summed E-state index contributed by atoms with van der Waals surface area (Å²) in [5.41, 5.74) is 8.30. The lowest BCUT2D eigenvalue weighted by atomic mass is 10.1. The Morgan fingerprint density at radius 3 is 2.59 bits per heavy atom. The molecule has 1 atom stereocenters. The van der Waals surface area contributed by atoms with Crippen molar-refractivity contribution < 1.29 is 9.18 Å². The van der Waals surface area contributed by atoms with Gasteiger partial charge in [-0.15, -0.1) is 0 Å². The summed E-state index contributed by atoms with van der Waals surface area (Å²) >= 11 is 0. The molecule has 1 aromatic carbocycles. The molecule has 0 fully saturated rings. The maximum atomic E-state index is 13.0. The number of carbonyl (C=O) groups is 1. The Morgan fingerprint density at radius 1 is 1.36 bits per heavy atom. The van der Waals surface area contributed by atoms with Crippen LogP contribution in [0.15, 0.2) is 24.3 Å². The van der Waals surface area contributed by atoms with Gasteiger partial charge in [-0.25, -0.2) is 9.07 Å². The zero-order chi connectivity index (χ0) is 16.3. The van der Waals surface area contributed by atoms with Crippen LogP contribution in [-0.4, -0.2) is 28.3 Å². The van der Waals surface area contributed by atoms with Crippen LogP contribution in [0.5, 0.6) is 0 Å². The average molecular weight is 304 g/mol. The lowest BCUT2D eigenvalue weighted by Gasteiger charge is -2.08. The summed E-state index contributed by atoms with van der Waals surface area (Å²) in [6, 6.07) is 6.05. The van der Waals surface area contributed by atoms with E-state index in [2.05, 4.69) is 10.4 Å². The van der Waals surface area contributed by atoms with Crippen molar-refractivity contribution in [2.75, 3.05) is 6.54 Å². The highest BCUT2D eigenvalue weighted by molar-refractivity contribution is 5.96. The Morgan fingerprint density at radius 2 is 2.00 bits per heavy atom. The maximum absolute atomic E-state index is 13.0. The lowest BCUT2D eigenvalue weighted by molar-refractivity contribution is 0.0951. The zero-order valence-corrected chi connectivity index (χ0v) is 13.1. The molecule has 1 aromatic heterocycles. The average Bonchev–Trinajstić information content (AvgIpc) is 2.74. The van der Waals surface area contributed by atoms with Crippen LogP contribution in [0.1, 0.15) is 35.1 Å². The number of nitrogens with one attached hydrogen (secondary N) is 1. The third kappa shape index (κ3) is 3.51. The topological polar surface area (TPSA) is 72.9 Å². The molecule has 118 valence electrons. The molecule has 2 rings (SSSR count). The summed E-state index contributed by atoms with van der Waals surface area (Å²) in [6.45, 7) is 6.03. The zero-order valence-electron chi connectivity index (χ0n) is 13.1. The van der Waals surface area contributed by atoms with Crippen molar-refractivity contribution in [1.29, 1.82) is 0 Å². The molecular weight excluding hydrogens is 283 g/mol. The molecule has 3 N–H and O–H groups in total. The lowest BCUT2D eigenvalue weighted by Crippen LogP contribution is -2.29. The number of hydrogen-bond acceptors (Lipinski definition) is 3. The van der Waals surface area contributed by atoms with E-state index in [1.165, 1.54) is 12.1 Å². The third-order valence-corrected chi connectivity index (χ3v) is 3.47. The molecule has 0 aliphatic rings. The first-order valence-electron chi connectivity index (χ1n) is 7.26. The number of nitrogens with zero attached hydrogens (tertiary/aromatic N) is 2. The molecule has 0 saturated heterocycles. The van der Waals surface area contributed by atoms with Gasteiger partial charge in [0, 0.05) is 12.6 Å². The number of carbonyl (C=O) groups excluding carboxylic acids is 1. The molecule has 2 aromatic rings. The Hall–Kier alpha value is -2.21. The number of amides is 1. The smallest absolute Gasteiger partial charge is 0.255 e. The van der Waals surface area contributed by atoms with E-state index in [9.17, 15) is 9.18 Å². The summed E-state index contributed by atoms with van der Waals surface area (Å²) in [5, 5.41) is 7.24. The fourth-order valence-electron chi connectivity index (χ4n) is 2.31. The van der Waals surface area contributed by atoms with Crippen molar-refractivity contribution in [2.45, 2.75) is 33.2 Å². The molecule has 0 radical (unpaired) electrons. The molecule has 5 nitrogen and oxygen atoms in total. The fraction of sp³-hybridized carbons (Fsp3) is 0.375. The van der Waals surface area contributed by atoms with Crippen molar-refractivity contribution in [3.8, 4) is 5.69 Å². The minimum Gasteiger partial charge on any atom is -0.352 e. The minimum atomic E-state index is -0.306. The number of rotatable bonds is 5. The number of benzene rings is 1. The normalized spacial score (nSPS) is 12.2. The molecule has 0 saturated carbocycles. The highest BCUT2D eigenvalue weighted by Gasteiger charge is 2.19. The van der Waals surface area contributed by atoms with Gasteiger partial charge < -0.3 is 11.1 Å². The summed E-state index contributed by atoms with van der Waals surface area (Å²) in [7, 11) is 0. The molecule has 6 heteroatoms. The van der Waals surface area contributed by atoms with Crippen LogP contribution in [0.3, 0.4) is 0 Å². The predicted molar refractivity (Wildman–Crippen MR) is 83.6 cm³/mol. The fourth-order valence-corrected chi connectivity index (χ4v) is 2.31. The van der Waals surface area contributed by atoms with Crippen LogP contribution in [0.4, 0.5) is 4.39 Å². The van der Waals surface area contributed by atoms with Gasteiger partial charge in [-0.2, -0.15) is 5.10 Å². The van der Waals surface area contributed by atoms with Gasteiger partial charge in [-0.05, 0) is 51.5 Å². The second kappa shape index (κ2) is 6.70. The minimum absolute atomic E-state index is 0.0458. The van der Waals surface area contributed by atoms with Gasteiger partial charge in [-0.3, -0.25) is 4.79 Å². The number of halogens is 1. The van der Waals surface area contributed by atoms with Gasteiger partial charge in [0.2, 0.25) is 0 Å². The standard InChI is InChI=1S/C16H21FN4O/c1-10(18)8-9-19-16(22)15-11(2)20-21(12(15)3)14-6-4-13(17)5-7-14/h4-7,10H,8-9,18H2,1-3H3,(H,19,22). The van der Waals surface area contributed by atoms with E-state index < -0.39 is 0 Å². The summed E-state index contributed by atoms with van der Waals surface area (Å²) in [6.07, 6.45) is 0.718. The molecule has 22 heavy (non-hydrogen) atoms. The number of aromatic nitrogens is 2. The van der Waals surface area contributed by atoms with Gasteiger partial charge in [0.15, 0.2) is 0 Å². The number of hydrogen-bond donors (Lipinski definition) is 2. The van der Waals surface area contributed by atoms with Crippen LogP contribution >= 0.6 is 0 Å². The molecule has 1 heterocycles. The second-order valence-corrected chi connectivity index (χ2v) is 5.46. The maximum Gasteiger partial charge on any atom is 0.255 e. The Bertz CT molecular complexity index is 662. The summed E-state index contributed by atoms with van der Waals surface area (Å²) < 4.78 is 14.7. The Labute approximate surface area is 129 Å². The molecule has 0 bridgehead atoms. The monoisotopic (exact) mass is 304 g/mol. The summed E-state index contributed by atoms with van der Waals surface area (Å²) in [5.74, 6) is -0.469. The molecule has 1 amide bonds. The van der Waals surface area contributed by atoms with Crippen LogP contribution in [-0.2, 0) is 0 Å². The highest BCUT2D eigenvalue weighted by Crippen LogP contribution is 2.18. The SMILES string of the molecule is Cc1nn(-c2ccc(F)cc2)c(C)c1C(=O)NCCC(C)N. The van der Waals surface area contributed by atoms with Crippen molar-refractivity contribution in [1.82, 2.24) is 15.1 Å². The van der Waals surface area contributed by atoms with E-state index in [-0.39, 0.29) is 17.8 Å². The van der Waals surface area contributed by atoms with E-state index >= 15 is 0 Å². The van der Waals surface area contributed by atoms with Crippen LogP contribution in [0.25, 0.3) is 5.69 Å². The Kier molecular flexibility index (Phi) is 4.92. The number of nitrogens with two attached hydrogens (primary N) is 1. The molecule has 0 aliphatic heterocycles. The van der Waals surface area contributed by atoms with Crippen molar-refractivity contribution >= 4 is 5.91 Å². The van der Waals surface area contributed by atoms with Crippen molar-refractivity contribution in [3.05, 3.63) is 47.0 Å². The summed E-state index contributed by atoms with van der Waals surface area (Å²) in [4.78, 5) is 12.3. The van der Waals surface area contributed by atoms with E-state index in [4.69, 9.17) is 5.73 Å². The van der Waals surface area contributed by atoms with Gasteiger partial charge in [-0.1, -0.05) is 0 Å². The van der Waals surface area contributed by atoms with Gasteiger partial charge in [0.1, 0.15) is 5.82 Å². The third-order valence-electron chi connectivity index (χ3n) is 3.47. The first-order chi connectivity index (χ1) is 10.4.